The first-order valence-electron chi connectivity index (χ1n) is 6.42. The number of rotatable bonds is 7. The van der Waals surface area contributed by atoms with Crippen LogP contribution in [0, 0.1) is 0 Å². The number of carbonyl (C=O) groups excluding carboxylic acids is 1. The van der Waals surface area contributed by atoms with E-state index in [1.807, 2.05) is 17.5 Å². The van der Waals surface area contributed by atoms with Gasteiger partial charge in [-0.1, -0.05) is 18.2 Å². The Morgan fingerprint density at radius 3 is 2.86 bits per heavy atom. The Hall–Kier alpha value is -1.95. The molecule has 1 aromatic carbocycles. The highest BCUT2D eigenvalue weighted by Crippen LogP contribution is 2.14. The van der Waals surface area contributed by atoms with Crippen LogP contribution in [0.1, 0.15) is 10.4 Å². The number of halogens is 2. The number of hydrogen-bond donors (Lipinski definition) is 1. The molecule has 21 heavy (non-hydrogen) atoms. The van der Waals surface area contributed by atoms with Crippen molar-refractivity contribution in [2.75, 3.05) is 6.61 Å². The van der Waals surface area contributed by atoms with E-state index in [1.165, 1.54) is 11.3 Å². The van der Waals surface area contributed by atoms with Gasteiger partial charge in [0.05, 0.1) is 6.42 Å². The summed E-state index contributed by atoms with van der Waals surface area (Å²) in [5, 5.41) is 4.72. The number of alkyl halides is 2. The molecule has 0 aliphatic heterocycles. The minimum atomic E-state index is -2.50. The first kappa shape index (κ1) is 15.4. The summed E-state index contributed by atoms with van der Waals surface area (Å²) in [4.78, 5) is 12.8. The van der Waals surface area contributed by atoms with Crippen molar-refractivity contribution < 1.29 is 18.3 Å². The zero-order chi connectivity index (χ0) is 15.1. The Bertz CT molecular complexity index is 573. The van der Waals surface area contributed by atoms with E-state index < -0.39 is 13.0 Å². The average Bonchev–Trinajstić information content (AvgIpc) is 2.96. The van der Waals surface area contributed by atoms with Crippen LogP contribution in [0.2, 0.25) is 0 Å². The molecule has 1 N–H and O–H groups in total. The summed E-state index contributed by atoms with van der Waals surface area (Å²) in [6.07, 6.45) is -2.15. The molecule has 1 amide bonds. The molecule has 6 heteroatoms. The van der Waals surface area contributed by atoms with Crippen molar-refractivity contribution in [1.29, 1.82) is 0 Å². The summed E-state index contributed by atoms with van der Waals surface area (Å²) in [6, 6.07) is 10.6. The summed E-state index contributed by atoms with van der Waals surface area (Å²) in [5.74, 6) is 0.302. The molecule has 0 atom stereocenters. The second-order valence-corrected chi connectivity index (χ2v) is 5.41. The van der Waals surface area contributed by atoms with E-state index in [0.29, 0.717) is 18.7 Å². The lowest BCUT2D eigenvalue weighted by atomic mass is 10.2. The lowest BCUT2D eigenvalue weighted by Crippen LogP contribution is -2.24. The van der Waals surface area contributed by atoms with Gasteiger partial charge in [0.25, 0.3) is 6.43 Å². The van der Waals surface area contributed by atoms with Gasteiger partial charge in [0.15, 0.2) is 0 Å². The summed E-state index contributed by atoms with van der Waals surface area (Å²) in [5.41, 5.74) is 0.807. The molecule has 0 saturated heterocycles. The Morgan fingerprint density at radius 1 is 1.29 bits per heavy atom. The predicted molar refractivity (Wildman–Crippen MR) is 77.8 cm³/mol. The number of thiophene rings is 1. The fourth-order valence-electron chi connectivity index (χ4n) is 1.74. The molecule has 0 fully saturated rings. The smallest absolute Gasteiger partial charge is 0.272 e. The maximum absolute atomic E-state index is 12.1. The normalized spacial score (nSPS) is 10.6. The second-order valence-electron chi connectivity index (χ2n) is 4.38. The second kappa shape index (κ2) is 7.73. The molecule has 0 unspecified atom stereocenters. The lowest BCUT2D eigenvalue weighted by Gasteiger charge is -2.08. The molecule has 0 radical (unpaired) electrons. The predicted octanol–water partition coefficient (Wildman–Crippen LogP) is 3.25. The molecule has 0 bridgehead atoms. The molecule has 1 heterocycles. The Kier molecular flexibility index (Phi) is 5.68. The molecule has 2 rings (SSSR count). The van der Waals surface area contributed by atoms with Crippen molar-refractivity contribution in [3.63, 3.8) is 0 Å². The van der Waals surface area contributed by atoms with Crippen LogP contribution in [-0.2, 0) is 17.8 Å². The quantitative estimate of drug-likeness (QED) is 0.852. The Labute approximate surface area is 125 Å². The van der Waals surface area contributed by atoms with Crippen LogP contribution in [0.15, 0.2) is 41.8 Å². The Balaban J connectivity index is 1.82. The highest BCUT2D eigenvalue weighted by molar-refractivity contribution is 7.10. The first-order chi connectivity index (χ1) is 10.1. The summed E-state index contributed by atoms with van der Waals surface area (Å²) in [6.45, 7) is -0.287. The van der Waals surface area contributed by atoms with Crippen LogP contribution >= 0.6 is 11.3 Å². The van der Waals surface area contributed by atoms with E-state index in [0.717, 1.165) is 10.4 Å². The zero-order valence-electron chi connectivity index (χ0n) is 11.2. The van der Waals surface area contributed by atoms with Crippen LogP contribution in [-0.4, -0.2) is 18.9 Å². The van der Waals surface area contributed by atoms with Gasteiger partial charge in [0.1, 0.15) is 12.4 Å². The van der Waals surface area contributed by atoms with Crippen LogP contribution < -0.4 is 10.1 Å². The maximum atomic E-state index is 12.1. The molecule has 0 aliphatic rings. The third-order valence-corrected chi connectivity index (χ3v) is 3.56. The molecule has 112 valence electrons. The van der Waals surface area contributed by atoms with E-state index in [1.54, 1.807) is 24.3 Å². The monoisotopic (exact) mass is 311 g/mol. The molecule has 0 spiro atoms. The van der Waals surface area contributed by atoms with Crippen LogP contribution in [0.25, 0.3) is 0 Å². The van der Waals surface area contributed by atoms with Crippen LogP contribution in [0.4, 0.5) is 8.78 Å². The molecular formula is C15H15F2NO2S. The van der Waals surface area contributed by atoms with Gasteiger partial charge in [-0.2, -0.15) is 0 Å². The standard InChI is InChI=1S/C15H15F2NO2S/c16-14(17)10-20-12-4-1-3-11(7-12)9-18-15(19)8-13-5-2-6-21-13/h1-7,14H,8-10H2,(H,18,19). The number of amides is 1. The van der Waals surface area contributed by atoms with E-state index in [2.05, 4.69) is 5.32 Å². The SMILES string of the molecule is O=C(Cc1cccs1)NCc1cccc(OCC(F)F)c1. The van der Waals surface area contributed by atoms with Gasteiger partial charge in [0, 0.05) is 11.4 Å². The topological polar surface area (TPSA) is 38.3 Å². The highest BCUT2D eigenvalue weighted by Gasteiger charge is 2.06. The van der Waals surface area contributed by atoms with Gasteiger partial charge < -0.3 is 10.1 Å². The number of carbonyl (C=O) groups is 1. The molecule has 3 nitrogen and oxygen atoms in total. The largest absolute Gasteiger partial charge is 0.488 e. The lowest BCUT2D eigenvalue weighted by molar-refractivity contribution is -0.120. The molecule has 1 aromatic heterocycles. The molecule has 0 aliphatic carbocycles. The van der Waals surface area contributed by atoms with E-state index in [4.69, 9.17) is 4.74 Å². The van der Waals surface area contributed by atoms with Gasteiger partial charge in [-0.05, 0) is 29.1 Å². The Morgan fingerprint density at radius 2 is 2.14 bits per heavy atom. The van der Waals surface area contributed by atoms with Crippen LogP contribution in [0.3, 0.4) is 0 Å². The summed E-state index contributed by atoms with van der Waals surface area (Å²) >= 11 is 1.53. The minimum Gasteiger partial charge on any atom is -0.488 e. The highest BCUT2D eigenvalue weighted by atomic mass is 32.1. The van der Waals surface area contributed by atoms with Crippen molar-refractivity contribution in [2.24, 2.45) is 0 Å². The number of hydrogen-bond acceptors (Lipinski definition) is 3. The fraction of sp³-hybridized carbons (Fsp3) is 0.267. The number of nitrogens with one attached hydrogen (secondary N) is 1. The number of benzene rings is 1. The van der Waals surface area contributed by atoms with E-state index >= 15 is 0 Å². The summed E-state index contributed by atoms with van der Waals surface area (Å²) < 4.78 is 29.1. The number of ether oxygens (including phenoxy) is 1. The molecule has 0 saturated carbocycles. The van der Waals surface area contributed by atoms with Gasteiger partial charge in [-0.25, -0.2) is 8.78 Å². The zero-order valence-corrected chi connectivity index (χ0v) is 12.0. The van der Waals surface area contributed by atoms with Crippen molar-refractivity contribution in [3.8, 4) is 5.75 Å². The van der Waals surface area contributed by atoms with Gasteiger partial charge in [-0.3, -0.25) is 4.79 Å². The third kappa shape index (κ3) is 5.51. The van der Waals surface area contributed by atoms with Gasteiger partial charge in [-0.15, -0.1) is 11.3 Å². The van der Waals surface area contributed by atoms with Crippen molar-refractivity contribution in [1.82, 2.24) is 5.32 Å². The third-order valence-electron chi connectivity index (χ3n) is 2.68. The van der Waals surface area contributed by atoms with Crippen molar-refractivity contribution >= 4 is 17.2 Å². The van der Waals surface area contributed by atoms with Crippen LogP contribution in [0.5, 0.6) is 5.75 Å². The minimum absolute atomic E-state index is 0.0728. The molecular weight excluding hydrogens is 296 g/mol. The maximum Gasteiger partial charge on any atom is 0.272 e. The van der Waals surface area contributed by atoms with E-state index in [-0.39, 0.29) is 5.91 Å². The first-order valence-corrected chi connectivity index (χ1v) is 7.30. The van der Waals surface area contributed by atoms with Gasteiger partial charge in [0.2, 0.25) is 5.91 Å². The van der Waals surface area contributed by atoms with Crippen molar-refractivity contribution in [3.05, 3.63) is 52.2 Å². The summed E-state index contributed by atoms with van der Waals surface area (Å²) in [7, 11) is 0. The average molecular weight is 311 g/mol. The van der Waals surface area contributed by atoms with E-state index in [9.17, 15) is 13.6 Å². The van der Waals surface area contributed by atoms with Crippen molar-refractivity contribution in [2.45, 2.75) is 19.4 Å². The fourth-order valence-corrected chi connectivity index (χ4v) is 2.44. The molecule has 2 aromatic rings. The van der Waals surface area contributed by atoms with Gasteiger partial charge >= 0.3 is 0 Å².